The second-order valence-electron chi connectivity index (χ2n) is 12.5. The zero-order valence-corrected chi connectivity index (χ0v) is 27.0. The number of benzene rings is 3. The lowest BCUT2D eigenvalue weighted by Gasteiger charge is -2.29. The van der Waals surface area contributed by atoms with Gasteiger partial charge in [-0.25, -0.2) is 9.59 Å². The summed E-state index contributed by atoms with van der Waals surface area (Å²) in [7, 11) is 1.55. The average molecular weight is 627 g/mol. The van der Waals surface area contributed by atoms with Crippen molar-refractivity contribution < 1.29 is 23.9 Å². The summed E-state index contributed by atoms with van der Waals surface area (Å²) in [6, 6.07) is 21.6. The number of alkyl carbamates (subject to hydrolysis) is 1. The maximum atomic E-state index is 13.6. The molecule has 1 atom stereocenters. The maximum Gasteiger partial charge on any atom is 0.408 e. The highest BCUT2D eigenvalue weighted by Crippen LogP contribution is 2.28. The molecule has 0 bridgehead atoms. The number of carbonyl (C=O) groups is 4. The predicted molar refractivity (Wildman–Crippen MR) is 179 cm³/mol. The normalized spacial score (nSPS) is 12.1. The van der Waals surface area contributed by atoms with Crippen LogP contribution in [0.25, 0.3) is 22.0 Å². The largest absolute Gasteiger partial charge is 0.444 e. The fourth-order valence-corrected chi connectivity index (χ4v) is 4.83. The number of rotatable bonds is 10. The van der Waals surface area contributed by atoms with Gasteiger partial charge >= 0.3 is 12.1 Å². The summed E-state index contributed by atoms with van der Waals surface area (Å²) in [5.74, 6) is -0.914. The molecular formula is C35H42N6O5. The molecule has 11 heteroatoms. The fourth-order valence-electron chi connectivity index (χ4n) is 4.83. The Morgan fingerprint density at radius 2 is 1.54 bits per heavy atom. The molecule has 4 aromatic rings. The van der Waals surface area contributed by atoms with Gasteiger partial charge in [0.2, 0.25) is 11.8 Å². The molecule has 0 aliphatic heterocycles. The number of amides is 5. The minimum atomic E-state index is -1.36. The van der Waals surface area contributed by atoms with Crippen LogP contribution in [-0.2, 0) is 27.3 Å². The summed E-state index contributed by atoms with van der Waals surface area (Å²) < 4.78 is 5.33. The molecule has 46 heavy (non-hydrogen) atoms. The Bertz CT molecular complexity index is 1700. The third-order valence-electron chi connectivity index (χ3n) is 7.24. The van der Waals surface area contributed by atoms with E-state index >= 15 is 0 Å². The maximum absolute atomic E-state index is 13.6. The molecular weight excluding hydrogens is 584 g/mol. The van der Waals surface area contributed by atoms with Crippen molar-refractivity contribution in [3.63, 3.8) is 0 Å². The third kappa shape index (κ3) is 8.87. The van der Waals surface area contributed by atoms with Crippen LogP contribution in [0.2, 0.25) is 0 Å². The molecule has 0 unspecified atom stereocenters. The van der Waals surface area contributed by atoms with Crippen molar-refractivity contribution in [2.45, 2.75) is 64.8 Å². The number of nitrogens with one attached hydrogen (secondary N) is 6. The fraction of sp³-hybridized carbons (Fsp3) is 0.314. The van der Waals surface area contributed by atoms with Crippen molar-refractivity contribution in [2.75, 3.05) is 12.4 Å². The number of para-hydroxylation sites is 2. The van der Waals surface area contributed by atoms with Crippen LogP contribution in [0.3, 0.4) is 0 Å². The van der Waals surface area contributed by atoms with Crippen LogP contribution in [0.1, 0.15) is 45.7 Å². The number of hydrogen-bond acceptors (Lipinski definition) is 5. The number of hydrogen-bond donors (Lipinski definition) is 6. The summed E-state index contributed by atoms with van der Waals surface area (Å²) in [6.45, 7) is 8.53. The Balaban J connectivity index is 1.49. The SMILES string of the molecule is CNC(=O)Nc1ccccc1-c1ccc(CNC(=O)[C@@H](Cc2c[nH]c3ccccc23)NC(=O)C(C)(C)NC(=O)OC(C)(C)C)cc1. The Morgan fingerprint density at radius 1 is 0.870 bits per heavy atom. The molecule has 0 fully saturated rings. The molecule has 0 saturated heterocycles. The van der Waals surface area contributed by atoms with Gasteiger partial charge in [0.25, 0.3) is 0 Å². The molecule has 6 N–H and O–H groups in total. The van der Waals surface area contributed by atoms with Crippen LogP contribution in [-0.4, -0.2) is 53.2 Å². The van der Waals surface area contributed by atoms with Gasteiger partial charge in [-0.15, -0.1) is 0 Å². The molecule has 0 spiro atoms. The minimum absolute atomic E-state index is 0.219. The number of fused-ring (bicyclic) bond motifs is 1. The van der Waals surface area contributed by atoms with Crippen LogP contribution in [0.15, 0.2) is 79.0 Å². The first-order chi connectivity index (χ1) is 21.8. The van der Waals surface area contributed by atoms with E-state index in [1.165, 1.54) is 0 Å². The highest BCUT2D eigenvalue weighted by Gasteiger charge is 2.34. The Labute approximate surface area is 268 Å². The lowest BCUT2D eigenvalue weighted by atomic mass is 10.0. The van der Waals surface area contributed by atoms with Crippen molar-refractivity contribution in [3.8, 4) is 11.1 Å². The molecule has 3 aromatic carbocycles. The topological polar surface area (TPSA) is 153 Å². The van der Waals surface area contributed by atoms with Gasteiger partial charge in [-0.1, -0.05) is 60.7 Å². The number of H-pyrrole nitrogens is 1. The van der Waals surface area contributed by atoms with Crippen molar-refractivity contribution in [1.29, 1.82) is 0 Å². The van der Waals surface area contributed by atoms with E-state index in [0.29, 0.717) is 5.69 Å². The summed E-state index contributed by atoms with van der Waals surface area (Å²) in [4.78, 5) is 54.6. The van der Waals surface area contributed by atoms with E-state index in [9.17, 15) is 19.2 Å². The van der Waals surface area contributed by atoms with Gasteiger partial charge in [0.05, 0.1) is 5.69 Å². The average Bonchev–Trinajstić information content (AvgIpc) is 3.41. The van der Waals surface area contributed by atoms with E-state index in [-0.39, 0.29) is 24.9 Å². The van der Waals surface area contributed by atoms with Crippen LogP contribution < -0.4 is 26.6 Å². The molecule has 0 saturated carbocycles. The molecule has 5 amide bonds. The Kier molecular flexibility index (Phi) is 10.4. The molecule has 0 aliphatic carbocycles. The van der Waals surface area contributed by atoms with Crippen LogP contribution in [0.4, 0.5) is 15.3 Å². The van der Waals surface area contributed by atoms with E-state index in [0.717, 1.165) is 33.2 Å². The van der Waals surface area contributed by atoms with Crippen LogP contribution in [0.5, 0.6) is 0 Å². The third-order valence-corrected chi connectivity index (χ3v) is 7.24. The van der Waals surface area contributed by atoms with Gasteiger partial charge in [-0.05, 0) is 63.4 Å². The minimum Gasteiger partial charge on any atom is -0.444 e. The molecule has 0 radical (unpaired) electrons. The Morgan fingerprint density at radius 3 is 2.24 bits per heavy atom. The van der Waals surface area contributed by atoms with Gasteiger partial charge in [-0.2, -0.15) is 0 Å². The first kappa shape index (κ1) is 33.6. The number of anilines is 1. The molecule has 0 aliphatic rings. The molecule has 1 aromatic heterocycles. The number of aromatic nitrogens is 1. The van der Waals surface area contributed by atoms with Crippen molar-refractivity contribution in [2.24, 2.45) is 0 Å². The summed E-state index contributed by atoms with van der Waals surface area (Å²) in [5, 5.41) is 14.7. The van der Waals surface area contributed by atoms with Gasteiger partial charge in [0.15, 0.2) is 0 Å². The summed E-state index contributed by atoms with van der Waals surface area (Å²) >= 11 is 0. The number of aromatic amines is 1. The van der Waals surface area contributed by atoms with Crippen LogP contribution in [0, 0.1) is 0 Å². The predicted octanol–water partition coefficient (Wildman–Crippen LogP) is 5.23. The van der Waals surface area contributed by atoms with E-state index in [1.54, 1.807) is 41.7 Å². The van der Waals surface area contributed by atoms with Crippen molar-refractivity contribution >= 4 is 40.5 Å². The Hall–Kier alpha value is -5.32. The standard InChI is InChI=1S/C35H42N6O5/c1-34(2,3)46-33(45)41-35(4,5)31(43)39-29(19-24-21-37-27-13-9-7-12-26(24)27)30(42)38-20-22-15-17-23(18-16-22)25-11-8-10-14-28(25)40-32(44)36-6/h7-18,21,29,37H,19-20H2,1-6H3,(H,38,42)(H,39,43)(H,41,45)(H2,36,40,44)/t29-/m1/s1. The number of ether oxygens (including phenoxy) is 1. The zero-order valence-electron chi connectivity index (χ0n) is 27.0. The van der Waals surface area contributed by atoms with E-state index in [4.69, 9.17) is 4.74 Å². The van der Waals surface area contributed by atoms with Crippen molar-refractivity contribution in [1.82, 2.24) is 26.3 Å². The number of urea groups is 1. The second kappa shape index (κ2) is 14.2. The molecule has 242 valence electrons. The highest BCUT2D eigenvalue weighted by atomic mass is 16.6. The summed E-state index contributed by atoms with van der Waals surface area (Å²) in [5.41, 5.74) is 2.94. The van der Waals surface area contributed by atoms with Gasteiger partial charge in [0.1, 0.15) is 17.2 Å². The van der Waals surface area contributed by atoms with Crippen LogP contribution >= 0.6 is 0 Å². The molecule has 1 heterocycles. The monoisotopic (exact) mass is 626 g/mol. The number of carbonyl (C=O) groups excluding carboxylic acids is 4. The van der Waals surface area contributed by atoms with E-state index in [2.05, 4.69) is 31.6 Å². The molecule has 4 rings (SSSR count). The van der Waals surface area contributed by atoms with Gasteiger partial charge in [0, 0.05) is 42.7 Å². The zero-order chi connectivity index (χ0) is 33.5. The summed E-state index contributed by atoms with van der Waals surface area (Å²) in [6.07, 6.45) is 1.32. The lowest BCUT2D eigenvalue weighted by molar-refractivity contribution is -0.132. The lowest BCUT2D eigenvalue weighted by Crippen LogP contribution is -2.59. The van der Waals surface area contributed by atoms with E-state index in [1.807, 2.05) is 79.0 Å². The quantitative estimate of drug-likeness (QED) is 0.142. The second-order valence-corrected chi connectivity index (χ2v) is 12.5. The smallest absolute Gasteiger partial charge is 0.408 e. The molecule has 11 nitrogen and oxygen atoms in total. The van der Waals surface area contributed by atoms with E-state index < -0.39 is 29.2 Å². The first-order valence-electron chi connectivity index (χ1n) is 15.1. The van der Waals surface area contributed by atoms with Gasteiger partial charge < -0.3 is 36.3 Å². The highest BCUT2D eigenvalue weighted by molar-refractivity contribution is 5.95. The first-order valence-corrected chi connectivity index (χ1v) is 15.1. The van der Waals surface area contributed by atoms with Crippen molar-refractivity contribution in [3.05, 3.63) is 90.1 Å². The van der Waals surface area contributed by atoms with Gasteiger partial charge in [-0.3, -0.25) is 9.59 Å².